The van der Waals surface area contributed by atoms with Crippen LogP contribution in [0.3, 0.4) is 0 Å². The molecule has 79 valence electrons. The van der Waals surface area contributed by atoms with E-state index in [0.717, 1.165) is 12.0 Å². The van der Waals surface area contributed by atoms with Gasteiger partial charge in [-0.25, -0.2) is 0 Å². The summed E-state index contributed by atoms with van der Waals surface area (Å²) in [4.78, 5) is 10.2. The minimum Gasteiger partial charge on any atom is -0.487 e. The third-order valence-corrected chi connectivity index (χ3v) is 2.41. The van der Waals surface area contributed by atoms with Gasteiger partial charge in [0.2, 0.25) is 0 Å². The number of nitrogens with zero attached hydrogens (tertiary/aromatic N) is 1. The summed E-state index contributed by atoms with van der Waals surface area (Å²) < 4.78 is 5.67. The quantitative estimate of drug-likeness (QED) is 0.524. The Kier molecular flexibility index (Phi) is 2.14. The number of hydrogen-bond donors (Lipinski definition) is 0. The van der Waals surface area contributed by atoms with Crippen molar-refractivity contribution in [2.45, 2.75) is 25.9 Å². The van der Waals surface area contributed by atoms with Crippen LogP contribution in [0.1, 0.15) is 25.8 Å². The molecule has 1 aliphatic rings. The lowest BCUT2D eigenvalue weighted by molar-refractivity contribution is -0.385. The van der Waals surface area contributed by atoms with Crippen molar-refractivity contribution in [2.24, 2.45) is 0 Å². The highest BCUT2D eigenvalue weighted by Crippen LogP contribution is 2.36. The minimum atomic E-state index is -0.411. The number of nitro groups is 1. The number of nitro benzene ring substituents is 1. The first-order valence-electron chi connectivity index (χ1n) is 4.79. The van der Waals surface area contributed by atoms with Gasteiger partial charge in [-0.1, -0.05) is 0 Å². The molecular formula is C11H12NO3. The smallest absolute Gasteiger partial charge is 0.273 e. The van der Waals surface area contributed by atoms with E-state index in [2.05, 4.69) is 0 Å². The van der Waals surface area contributed by atoms with Gasteiger partial charge in [-0.05, 0) is 38.3 Å². The molecule has 4 heteroatoms. The molecule has 0 N–H and O–H groups in total. The average molecular weight is 206 g/mol. The van der Waals surface area contributed by atoms with Gasteiger partial charge >= 0.3 is 0 Å². The highest BCUT2D eigenvalue weighted by Gasteiger charge is 2.27. The van der Waals surface area contributed by atoms with Crippen molar-refractivity contribution in [3.8, 4) is 5.75 Å². The van der Waals surface area contributed by atoms with Crippen molar-refractivity contribution in [3.05, 3.63) is 40.3 Å². The summed E-state index contributed by atoms with van der Waals surface area (Å²) >= 11 is 0. The molecule has 0 unspecified atom stereocenters. The van der Waals surface area contributed by atoms with Gasteiger partial charge in [0, 0.05) is 6.07 Å². The Labute approximate surface area is 88.0 Å². The van der Waals surface area contributed by atoms with Gasteiger partial charge in [-0.3, -0.25) is 10.1 Å². The lowest BCUT2D eigenvalue weighted by Gasteiger charge is -2.32. The van der Waals surface area contributed by atoms with Gasteiger partial charge in [0.25, 0.3) is 5.69 Å². The Balaban J connectivity index is 2.39. The molecule has 1 aliphatic heterocycles. The fourth-order valence-corrected chi connectivity index (χ4v) is 1.59. The van der Waals surface area contributed by atoms with Crippen LogP contribution < -0.4 is 4.74 Å². The molecule has 0 bridgehead atoms. The molecule has 0 saturated heterocycles. The highest BCUT2D eigenvalue weighted by atomic mass is 16.6. The van der Waals surface area contributed by atoms with E-state index in [-0.39, 0.29) is 11.3 Å². The standard InChI is InChI=1S/C11H12NO3/c1-11(2)6-5-8-3-4-9(12(13)14)7-10(8)15-11/h3-5,7H,6H2,1-2H3. The summed E-state index contributed by atoms with van der Waals surface area (Å²) in [6, 6.07) is 4.70. The molecule has 0 aliphatic carbocycles. The van der Waals surface area contributed by atoms with Crippen LogP contribution in [0, 0.1) is 16.5 Å². The van der Waals surface area contributed by atoms with E-state index >= 15 is 0 Å². The predicted molar refractivity (Wildman–Crippen MR) is 55.8 cm³/mol. The van der Waals surface area contributed by atoms with E-state index in [1.54, 1.807) is 6.07 Å². The maximum atomic E-state index is 10.6. The van der Waals surface area contributed by atoms with Gasteiger partial charge in [-0.2, -0.15) is 0 Å². The number of benzene rings is 1. The fourth-order valence-electron chi connectivity index (χ4n) is 1.59. The first-order valence-corrected chi connectivity index (χ1v) is 4.79. The summed E-state index contributed by atoms with van der Waals surface area (Å²) in [6.07, 6.45) is 2.86. The van der Waals surface area contributed by atoms with Crippen LogP contribution in [-0.2, 0) is 0 Å². The van der Waals surface area contributed by atoms with Crippen molar-refractivity contribution in [1.29, 1.82) is 0 Å². The molecular weight excluding hydrogens is 194 g/mol. The summed E-state index contributed by atoms with van der Waals surface area (Å²) in [5, 5.41) is 10.6. The summed E-state index contributed by atoms with van der Waals surface area (Å²) in [7, 11) is 0. The molecule has 0 amide bonds. The number of ether oxygens (including phenoxy) is 1. The van der Waals surface area contributed by atoms with Crippen LogP contribution in [-0.4, -0.2) is 10.5 Å². The van der Waals surface area contributed by atoms with Crippen molar-refractivity contribution in [3.63, 3.8) is 0 Å². The highest BCUT2D eigenvalue weighted by molar-refractivity contribution is 5.49. The number of hydrogen-bond acceptors (Lipinski definition) is 3. The van der Waals surface area contributed by atoms with Crippen LogP contribution >= 0.6 is 0 Å². The Morgan fingerprint density at radius 3 is 2.87 bits per heavy atom. The fraction of sp³-hybridized carbons (Fsp3) is 0.364. The molecule has 1 heterocycles. The van der Waals surface area contributed by atoms with E-state index in [1.807, 2.05) is 20.3 Å². The van der Waals surface area contributed by atoms with E-state index in [0.29, 0.717) is 5.75 Å². The molecule has 0 fully saturated rings. The SMILES string of the molecule is CC1(C)C[CH]c2ccc([N+](=O)[O-])cc2O1. The maximum absolute atomic E-state index is 10.6. The first-order chi connectivity index (χ1) is 6.98. The predicted octanol–water partition coefficient (Wildman–Crippen LogP) is 2.71. The zero-order valence-electron chi connectivity index (χ0n) is 8.69. The molecule has 0 spiro atoms. The normalized spacial score (nSPS) is 17.7. The van der Waals surface area contributed by atoms with Crippen molar-refractivity contribution in [1.82, 2.24) is 0 Å². The molecule has 1 radical (unpaired) electrons. The molecule has 1 aromatic carbocycles. The second-order valence-electron chi connectivity index (χ2n) is 4.25. The Hall–Kier alpha value is -1.58. The zero-order valence-corrected chi connectivity index (χ0v) is 8.69. The third kappa shape index (κ3) is 1.93. The Morgan fingerprint density at radius 2 is 2.20 bits per heavy atom. The van der Waals surface area contributed by atoms with Crippen LogP contribution in [0.2, 0.25) is 0 Å². The monoisotopic (exact) mass is 206 g/mol. The van der Waals surface area contributed by atoms with E-state index < -0.39 is 4.92 Å². The van der Waals surface area contributed by atoms with Gasteiger partial charge < -0.3 is 4.74 Å². The molecule has 4 nitrogen and oxygen atoms in total. The third-order valence-electron chi connectivity index (χ3n) is 2.41. The van der Waals surface area contributed by atoms with Gasteiger partial charge in [0.1, 0.15) is 11.4 Å². The van der Waals surface area contributed by atoms with Gasteiger partial charge in [0.15, 0.2) is 0 Å². The van der Waals surface area contributed by atoms with Crippen LogP contribution in [0.25, 0.3) is 0 Å². The largest absolute Gasteiger partial charge is 0.487 e. The van der Waals surface area contributed by atoms with Crippen LogP contribution in [0.5, 0.6) is 5.75 Å². The topological polar surface area (TPSA) is 52.4 Å². The van der Waals surface area contributed by atoms with Crippen LogP contribution in [0.4, 0.5) is 5.69 Å². The van der Waals surface area contributed by atoms with Crippen molar-refractivity contribution in [2.75, 3.05) is 0 Å². The molecule has 0 saturated carbocycles. The maximum Gasteiger partial charge on any atom is 0.273 e. The second kappa shape index (κ2) is 3.22. The number of non-ortho nitro benzene ring substituents is 1. The van der Waals surface area contributed by atoms with E-state index in [1.165, 1.54) is 12.1 Å². The van der Waals surface area contributed by atoms with Crippen LogP contribution in [0.15, 0.2) is 18.2 Å². The molecule has 1 aromatic rings. The summed E-state index contributed by atoms with van der Waals surface area (Å²) in [6.45, 7) is 3.93. The number of fused-ring (bicyclic) bond motifs is 1. The Bertz CT molecular complexity index is 412. The number of rotatable bonds is 1. The Morgan fingerprint density at radius 1 is 1.47 bits per heavy atom. The summed E-state index contributed by atoms with van der Waals surface area (Å²) in [5.74, 6) is 0.598. The van der Waals surface area contributed by atoms with E-state index in [4.69, 9.17) is 4.74 Å². The minimum absolute atomic E-state index is 0.0693. The average Bonchev–Trinajstić information content (AvgIpc) is 2.15. The van der Waals surface area contributed by atoms with Gasteiger partial charge in [-0.15, -0.1) is 0 Å². The lowest BCUT2D eigenvalue weighted by Crippen LogP contribution is -2.31. The van der Waals surface area contributed by atoms with Crippen molar-refractivity contribution < 1.29 is 9.66 Å². The molecule has 0 atom stereocenters. The zero-order chi connectivity index (χ0) is 11.1. The second-order valence-corrected chi connectivity index (χ2v) is 4.25. The first kappa shape index (κ1) is 9.96. The molecule has 15 heavy (non-hydrogen) atoms. The van der Waals surface area contributed by atoms with Crippen molar-refractivity contribution >= 4 is 5.69 Å². The molecule has 0 aromatic heterocycles. The lowest BCUT2D eigenvalue weighted by atomic mass is 9.94. The van der Waals surface area contributed by atoms with E-state index in [9.17, 15) is 10.1 Å². The summed E-state index contributed by atoms with van der Waals surface area (Å²) in [5.41, 5.74) is 0.724. The van der Waals surface area contributed by atoms with Gasteiger partial charge in [0.05, 0.1) is 11.0 Å². The molecule has 2 rings (SSSR count).